The smallest absolute Gasteiger partial charge is 0.459 e. The van der Waals surface area contributed by atoms with E-state index < -0.39 is 76.2 Å². The Morgan fingerprint density at radius 3 is 1.57 bits per heavy atom. The second-order valence-electron chi connectivity index (χ2n) is 17.3. The van der Waals surface area contributed by atoms with Crippen LogP contribution >= 0.6 is 15.3 Å². The summed E-state index contributed by atoms with van der Waals surface area (Å²) in [6.45, 7) is 4.35. The van der Waals surface area contributed by atoms with Crippen LogP contribution in [0.5, 0.6) is 5.75 Å². The number of nitrogens with zero attached hydrogens (tertiary/aromatic N) is 8. The Hall–Kier alpha value is -6.76. The van der Waals surface area contributed by atoms with E-state index in [0.717, 1.165) is 11.1 Å². The number of nitrogen functional groups attached to an aromatic ring is 2. The predicted molar refractivity (Wildman–Crippen MR) is 266 cm³/mol. The lowest BCUT2D eigenvalue weighted by molar-refractivity contribution is -0.147. The van der Waals surface area contributed by atoms with E-state index in [1.54, 1.807) is 46.4 Å². The van der Waals surface area contributed by atoms with E-state index in [1.807, 2.05) is 60.7 Å². The van der Waals surface area contributed by atoms with Crippen molar-refractivity contribution in [1.29, 1.82) is 0 Å². The van der Waals surface area contributed by atoms with Gasteiger partial charge in [0.05, 0.1) is 38.1 Å². The fraction of sp³-hybridized carbons (Fsp3) is 0.362. The molecular weight excluding hydrogens is 1000 g/mol. The number of anilines is 2. The molecule has 0 unspecified atom stereocenters. The number of imidazole rings is 2. The maximum Gasteiger partial charge on any atom is 0.459 e. The SMILES string of the molecule is C[C@H](N[P@@](C)(=O)OC[C@@H]1C[C@H](O)[C@H](n2cnc3c(N)ncnc32)O1)C(=O)OCc1ccccc1.C[C@H](N[P@](=O)(OC[C@@H]1C[C@H](O)[C@H](n2cnc3c(N)ncnc32)O1)Oc1ccccc1)C(=O)OCc1ccccc1. The zero-order valence-corrected chi connectivity index (χ0v) is 42.1. The Bertz CT molecular complexity index is 3090. The summed E-state index contributed by atoms with van der Waals surface area (Å²) in [6, 6.07) is 25.0. The molecule has 4 aromatic heterocycles. The number of carbonyl (C=O) groups is 2. The molecule has 25 nitrogen and oxygen atoms in total. The molecule has 0 radical (unpaired) electrons. The number of hydrogen-bond acceptors (Lipinski definition) is 21. The number of esters is 2. The number of aliphatic hydroxyl groups excluding tert-OH is 2. The van der Waals surface area contributed by atoms with Crippen LogP contribution in [0.4, 0.5) is 11.6 Å². The van der Waals surface area contributed by atoms with Gasteiger partial charge in [0.15, 0.2) is 35.4 Å². The second kappa shape index (κ2) is 24.1. The van der Waals surface area contributed by atoms with E-state index in [9.17, 15) is 28.9 Å². The van der Waals surface area contributed by atoms with Gasteiger partial charge in [-0.2, -0.15) is 5.09 Å². The Balaban J connectivity index is 0.000000200. The highest BCUT2D eigenvalue weighted by Gasteiger charge is 2.41. The topological polar surface area (TPSA) is 337 Å². The number of aromatic nitrogens is 8. The van der Waals surface area contributed by atoms with Crippen molar-refractivity contribution in [3.63, 3.8) is 0 Å². The highest BCUT2D eigenvalue weighted by molar-refractivity contribution is 7.56. The fourth-order valence-electron chi connectivity index (χ4n) is 7.84. The third-order valence-corrected chi connectivity index (χ3v) is 14.6. The van der Waals surface area contributed by atoms with Crippen LogP contribution in [-0.2, 0) is 59.9 Å². The monoisotopic (exact) mass is 1060 g/mol. The number of para-hydroxylation sites is 1. The van der Waals surface area contributed by atoms with Gasteiger partial charge in [-0.05, 0) is 37.1 Å². The number of fused-ring (bicyclic) bond motifs is 2. The molecule has 27 heteroatoms. The number of ether oxygens (including phenoxy) is 4. The number of aliphatic hydroxyl groups is 2. The van der Waals surface area contributed by atoms with Crippen molar-refractivity contribution in [1.82, 2.24) is 49.2 Å². The van der Waals surface area contributed by atoms with Crippen LogP contribution < -0.4 is 26.2 Å². The first-order valence-electron chi connectivity index (χ1n) is 23.3. The van der Waals surface area contributed by atoms with Gasteiger partial charge in [0.1, 0.15) is 66.9 Å². The molecule has 2 aliphatic rings. The molecule has 7 aromatic rings. The molecule has 3 aromatic carbocycles. The van der Waals surface area contributed by atoms with Crippen molar-refractivity contribution >= 4 is 61.2 Å². The largest absolute Gasteiger partial charge is 0.460 e. The van der Waals surface area contributed by atoms with Gasteiger partial charge in [-0.1, -0.05) is 78.9 Å². The van der Waals surface area contributed by atoms with E-state index in [4.69, 9.17) is 44.0 Å². The summed E-state index contributed by atoms with van der Waals surface area (Å²) in [5, 5.41) is 26.6. The zero-order chi connectivity index (χ0) is 52.4. The van der Waals surface area contributed by atoms with Crippen LogP contribution in [0.15, 0.2) is 116 Å². The molecule has 6 heterocycles. The maximum atomic E-state index is 13.8. The molecule has 392 valence electrons. The number of nitrogens with one attached hydrogen (secondary N) is 2. The Kier molecular flexibility index (Phi) is 17.4. The lowest BCUT2D eigenvalue weighted by atomic mass is 10.2. The van der Waals surface area contributed by atoms with E-state index >= 15 is 0 Å². The molecule has 2 aliphatic heterocycles. The molecule has 2 saturated heterocycles. The Labute approximate surface area is 424 Å². The average Bonchev–Trinajstić information content (AvgIpc) is 4.20. The third-order valence-electron chi connectivity index (χ3n) is 11.5. The average molecular weight is 1060 g/mol. The highest BCUT2D eigenvalue weighted by Crippen LogP contribution is 2.46. The molecule has 0 amide bonds. The van der Waals surface area contributed by atoms with Crippen LogP contribution in [0.25, 0.3) is 22.3 Å². The minimum atomic E-state index is -4.11. The number of rotatable bonds is 20. The lowest BCUT2D eigenvalue weighted by Gasteiger charge is -2.24. The molecular formula is C47H56N12O13P2. The van der Waals surface area contributed by atoms with Crippen molar-refractivity contribution in [2.24, 2.45) is 0 Å². The molecule has 8 N–H and O–H groups in total. The van der Waals surface area contributed by atoms with Crippen molar-refractivity contribution in [3.8, 4) is 5.75 Å². The van der Waals surface area contributed by atoms with Gasteiger partial charge in [-0.3, -0.25) is 27.8 Å². The first-order valence-corrected chi connectivity index (χ1v) is 26.9. The van der Waals surface area contributed by atoms with Gasteiger partial charge in [0, 0.05) is 19.5 Å². The Morgan fingerprint density at radius 2 is 1.09 bits per heavy atom. The lowest BCUT2D eigenvalue weighted by Crippen LogP contribution is -2.35. The summed E-state index contributed by atoms with van der Waals surface area (Å²) in [6.07, 6.45) is 1.38. The molecule has 0 saturated carbocycles. The highest BCUT2D eigenvalue weighted by atomic mass is 31.2. The molecule has 9 rings (SSSR count). The zero-order valence-electron chi connectivity index (χ0n) is 40.3. The van der Waals surface area contributed by atoms with Crippen LogP contribution in [0.2, 0.25) is 0 Å². The summed E-state index contributed by atoms with van der Waals surface area (Å²) in [5.74, 6) is -0.473. The van der Waals surface area contributed by atoms with Crippen LogP contribution in [0, 0.1) is 0 Å². The summed E-state index contributed by atoms with van der Waals surface area (Å²) in [7, 11) is -7.48. The molecule has 2 fully saturated rings. The van der Waals surface area contributed by atoms with Crippen molar-refractivity contribution in [2.75, 3.05) is 31.3 Å². The van der Waals surface area contributed by atoms with E-state index in [0.29, 0.717) is 22.3 Å². The summed E-state index contributed by atoms with van der Waals surface area (Å²) < 4.78 is 69.3. The predicted octanol–water partition coefficient (Wildman–Crippen LogP) is 4.60. The molecule has 0 aliphatic carbocycles. The Morgan fingerprint density at radius 1 is 0.662 bits per heavy atom. The quantitative estimate of drug-likeness (QED) is 0.0449. The van der Waals surface area contributed by atoms with Crippen LogP contribution in [0.3, 0.4) is 0 Å². The normalized spacial score (nSPS) is 22.0. The number of benzene rings is 3. The van der Waals surface area contributed by atoms with Crippen LogP contribution in [0.1, 0.15) is 50.3 Å². The molecule has 0 spiro atoms. The summed E-state index contributed by atoms with van der Waals surface area (Å²) >= 11 is 0. The van der Waals surface area contributed by atoms with Gasteiger partial charge in [-0.15, -0.1) is 0 Å². The molecule has 0 bridgehead atoms. The standard InChI is InChI=1S/C26H29N6O7P.C21H27N6O6P/c1-17(26(34)36-13-18-8-4-2-5-9-18)31-40(35,39-19-10-6-3-7-11-19)37-14-20-12-21(33)25(38-20)32-16-30-22-23(27)28-15-29-24(22)32;1-13(21(29)31-9-14-6-4-3-5-7-14)26-34(2,30)32-10-15-8-16(28)20(33-15)27-12-25-17-18(22)23-11-24-19(17)27/h2-11,15-17,20-21,25,33H,12-14H2,1H3,(H,31,35)(H2,27,28,29);3-7,11-13,15-16,20,28H,8-10H2,1-2H3,(H,26,30)(H2,22,23,24)/t17-,20-,21-,25+,40-;13-,15-,16-,20+,34-/m00/s1. The molecule has 10 atom stereocenters. The van der Waals surface area contributed by atoms with Crippen molar-refractivity contribution in [3.05, 3.63) is 127 Å². The maximum absolute atomic E-state index is 13.8. The second-order valence-corrected chi connectivity index (χ2v) is 21.2. The minimum absolute atomic E-state index is 0.0517. The van der Waals surface area contributed by atoms with Gasteiger partial charge in [-0.25, -0.2) is 39.6 Å². The summed E-state index contributed by atoms with van der Waals surface area (Å²) in [5.41, 5.74) is 15.0. The summed E-state index contributed by atoms with van der Waals surface area (Å²) in [4.78, 5) is 49.5. The van der Waals surface area contributed by atoms with Gasteiger partial charge < -0.3 is 49.7 Å². The molecule has 74 heavy (non-hydrogen) atoms. The van der Waals surface area contributed by atoms with Gasteiger partial charge in [0.25, 0.3) is 7.52 Å². The van der Waals surface area contributed by atoms with E-state index in [1.165, 1.54) is 38.9 Å². The first-order chi connectivity index (χ1) is 35.5. The van der Waals surface area contributed by atoms with E-state index in [-0.39, 0.29) is 56.7 Å². The van der Waals surface area contributed by atoms with Gasteiger partial charge >= 0.3 is 19.7 Å². The van der Waals surface area contributed by atoms with Crippen LogP contribution in [-0.4, -0.2) is 118 Å². The first kappa shape index (κ1) is 53.5. The minimum Gasteiger partial charge on any atom is -0.460 e. The van der Waals surface area contributed by atoms with E-state index in [2.05, 4.69) is 40.1 Å². The van der Waals surface area contributed by atoms with Gasteiger partial charge in [0.2, 0.25) is 0 Å². The number of nitrogens with two attached hydrogens (primary N) is 2. The van der Waals surface area contributed by atoms with Crippen molar-refractivity contribution in [2.45, 2.75) is 88.9 Å². The third kappa shape index (κ3) is 13.7. The fourth-order valence-corrected chi connectivity index (χ4v) is 10.7. The number of hydrogen-bond donors (Lipinski definition) is 6. The van der Waals surface area contributed by atoms with Crippen molar-refractivity contribution < 1.29 is 61.5 Å². The number of carbonyl (C=O) groups excluding carboxylic acids is 2.